The lowest BCUT2D eigenvalue weighted by Gasteiger charge is -2.30. The predicted octanol–water partition coefficient (Wildman–Crippen LogP) is 2.16. The summed E-state index contributed by atoms with van der Waals surface area (Å²) < 4.78 is 33.5. The van der Waals surface area contributed by atoms with Crippen molar-refractivity contribution < 1.29 is 13.2 Å². The summed E-state index contributed by atoms with van der Waals surface area (Å²) in [7, 11) is -2.02. The zero-order valence-electron chi connectivity index (χ0n) is 11.9. The third-order valence-electron chi connectivity index (χ3n) is 3.48. The van der Waals surface area contributed by atoms with Crippen LogP contribution >= 0.6 is 28.3 Å². The molecule has 1 aliphatic heterocycles. The SMILES string of the molecule is COc1cc(Br)cc(S(=O)(=O)NC2CCNCC2C)c1.Cl. The number of rotatable bonds is 4. The van der Waals surface area contributed by atoms with E-state index in [9.17, 15) is 8.42 Å². The van der Waals surface area contributed by atoms with Gasteiger partial charge in [-0.3, -0.25) is 0 Å². The molecule has 1 heterocycles. The fourth-order valence-corrected chi connectivity index (χ4v) is 4.33. The maximum atomic E-state index is 12.5. The summed E-state index contributed by atoms with van der Waals surface area (Å²) in [6, 6.07) is 4.80. The third-order valence-corrected chi connectivity index (χ3v) is 5.41. The van der Waals surface area contributed by atoms with E-state index >= 15 is 0 Å². The van der Waals surface area contributed by atoms with E-state index in [4.69, 9.17) is 4.74 Å². The fourth-order valence-electron chi connectivity index (χ4n) is 2.27. The van der Waals surface area contributed by atoms with Gasteiger partial charge in [-0.05, 0) is 37.6 Å². The predicted molar refractivity (Wildman–Crippen MR) is 88.7 cm³/mol. The van der Waals surface area contributed by atoms with E-state index in [2.05, 4.69) is 26.0 Å². The van der Waals surface area contributed by atoms with Gasteiger partial charge >= 0.3 is 0 Å². The minimum absolute atomic E-state index is 0. The number of nitrogens with one attached hydrogen (secondary N) is 2. The van der Waals surface area contributed by atoms with Crippen molar-refractivity contribution in [1.82, 2.24) is 10.0 Å². The van der Waals surface area contributed by atoms with Crippen molar-refractivity contribution >= 4 is 38.4 Å². The quantitative estimate of drug-likeness (QED) is 0.814. The van der Waals surface area contributed by atoms with Crippen molar-refractivity contribution in [3.05, 3.63) is 22.7 Å². The van der Waals surface area contributed by atoms with E-state index in [0.717, 1.165) is 19.5 Å². The number of hydrogen-bond acceptors (Lipinski definition) is 4. The van der Waals surface area contributed by atoms with Crippen LogP contribution in [0.25, 0.3) is 0 Å². The minimum Gasteiger partial charge on any atom is -0.497 e. The van der Waals surface area contributed by atoms with E-state index in [1.165, 1.54) is 13.2 Å². The lowest BCUT2D eigenvalue weighted by atomic mass is 9.97. The molecular weight excluding hydrogens is 380 g/mol. The summed E-state index contributed by atoms with van der Waals surface area (Å²) in [6.07, 6.45) is 0.797. The molecule has 1 aromatic carbocycles. The fraction of sp³-hybridized carbons (Fsp3) is 0.538. The van der Waals surface area contributed by atoms with Crippen LogP contribution in [0.15, 0.2) is 27.6 Å². The van der Waals surface area contributed by atoms with E-state index < -0.39 is 10.0 Å². The molecule has 2 rings (SSSR count). The molecule has 0 aromatic heterocycles. The molecule has 1 fully saturated rings. The highest BCUT2D eigenvalue weighted by Crippen LogP contribution is 2.25. The van der Waals surface area contributed by atoms with Crippen LogP contribution in [0.1, 0.15) is 13.3 Å². The van der Waals surface area contributed by atoms with Crippen LogP contribution < -0.4 is 14.8 Å². The van der Waals surface area contributed by atoms with Gasteiger partial charge in [0.2, 0.25) is 10.0 Å². The first-order valence-corrected chi connectivity index (χ1v) is 8.77. The van der Waals surface area contributed by atoms with Gasteiger partial charge in [-0.1, -0.05) is 22.9 Å². The summed E-state index contributed by atoms with van der Waals surface area (Å²) >= 11 is 3.30. The van der Waals surface area contributed by atoms with E-state index in [-0.39, 0.29) is 29.3 Å². The van der Waals surface area contributed by atoms with Crippen molar-refractivity contribution in [2.24, 2.45) is 5.92 Å². The van der Waals surface area contributed by atoms with Crippen molar-refractivity contribution in [1.29, 1.82) is 0 Å². The highest BCUT2D eigenvalue weighted by Gasteiger charge is 2.27. The van der Waals surface area contributed by atoms with Crippen LogP contribution in [0.5, 0.6) is 5.75 Å². The monoisotopic (exact) mass is 398 g/mol. The molecule has 1 aliphatic rings. The topological polar surface area (TPSA) is 67.4 Å². The number of ether oxygens (including phenoxy) is 1. The maximum absolute atomic E-state index is 12.5. The average Bonchev–Trinajstić information content (AvgIpc) is 2.40. The largest absolute Gasteiger partial charge is 0.497 e. The molecule has 0 radical (unpaired) electrons. The Morgan fingerprint density at radius 3 is 2.71 bits per heavy atom. The normalized spacial score (nSPS) is 22.4. The second-order valence-corrected chi connectivity index (χ2v) is 7.65. The number of methoxy groups -OCH3 is 1. The molecule has 8 heteroatoms. The maximum Gasteiger partial charge on any atom is 0.241 e. The lowest BCUT2D eigenvalue weighted by Crippen LogP contribution is -2.48. The molecule has 0 spiro atoms. The Morgan fingerprint density at radius 1 is 1.38 bits per heavy atom. The highest BCUT2D eigenvalue weighted by atomic mass is 79.9. The van der Waals surface area contributed by atoms with Crippen molar-refractivity contribution in [3.63, 3.8) is 0 Å². The van der Waals surface area contributed by atoms with Crippen LogP contribution in [0.3, 0.4) is 0 Å². The number of benzene rings is 1. The van der Waals surface area contributed by atoms with Crippen molar-refractivity contribution in [3.8, 4) is 5.75 Å². The molecule has 2 unspecified atom stereocenters. The lowest BCUT2D eigenvalue weighted by molar-refractivity contribution is 0.328. The summed E-state index contributed by atoms with van der Waals surface area (Å²) in [6.45, 7) is 3.70. The molecule has 2 N–H and O–H groups in total. The molecule has 5 nitrogen and oxygen atoms in total. The highest BCUT2D eigenvalue weighted by molar-refractivity contribution is 9.10. The van der Waals surface area contributed by atoms with E-state index in [1.54, 1.807) is 12.1 Å². The second-order valence-electron chi connectivity index (χ2n) is 5.02. The van der Waals surface area contributed by atoms with Crippen LogP contribution in [0, 0.1) is 5.92 Å². The van der Waals surface area contributed by atoms with E-state index in [1.807, 2.05) is 6.92 Å². The Morgan fingerprint density at radius 2 is 2.10 bits per heavy atom. The molecule has 21 heavy (non-hydrogen) atoms. The molecule has 2 atom stereocenters. The number of sulfonamides is 1. The summed E-state index contributed by atoms with van der Waals surface area (Å²) in [5, 5.41) is 3.26. The smallest absolute Gasteiger partial charge is 0.241 e. The molecule has 0 saturated carbocycles. The van der Waals surface area contributed by atoms with Gasteiger partial charge < -0.3 is 10.1 Å². The Bertz CT molecular complexity index is 583. The average molecular weight is 400 g/mol. The summed E-state index contributed by atoms with van der Waals surface area (Å²) in [5.74, 6) is 0.783. The standard InChI is InChI=1S/C13H19BrN2O3S.ClH/c1-9-8-15-4-3-13(9)16-20(17,18)12-6-10(14)5-11(7-12)19-2;/h5-7,9,13,15-16H,3-4,8H2,1-2H3;1H. The second kappa shape index (κ2) is 7.78. The van der Waals surface area contributed by atoms with Crippen LogP contribution in [-0.4, -0.2) is 34.7 Å². The van der Waals surface area contributed by atoms with Crippen LogP contribution in [0.2, 0.25) is 0 Å². The van der Waals surface area contributed by atoms with Gasteiger partial charge in [0, 0.05) is 16.6 Å². The first-order valence-electron chi connectivity index (χ1n) is 6.50. The van der Waals surface area contributed by atoms with Gasteiger partial charge in [-0.25, -0.2) is 13.1 Å². The van der Waals surface area contributed by atoms with Crippen molar-refractivity contribution in [2.45, 2.75) is 24.3 Å². The zero-order valence-corrected chi connectivity index (χ0v) is 15.1. The molecule has 0 aliphatic carbocycles. The molecular formula is C13H20BrClN2O3S. The summed E-state index contributed by atoms with van der Waals surface area (Å²) in [4.78, 5) is 0.217. The first kappa shape index (κ1) is 18.7. The molecule has 1 aromatic rings. The Kier molecular flexibility index (Phi) is 6.93. The minimum atomic E-state index is -3.54. The molecule has 1 saturated heterocycles. The van der Waals surface area contributed by atoms with Gasteiger partial charge in [0.05, 0.1) is 12.0 Å². The Labute approximate surface area is 140 Å². The number of hydrogen-bond donors (Lipinski definition) is 2. The molecule has 0 bridgehead atoms. The van der Waals surface area contributed by atoms with Gasteiger partial charge in [0.1, 0.15) is 5.75 Å². The third kappa shape index (κ3) is 4.82. The van der Waals surface area contributed by atoms with Crippen molar-refractivity contribution in [2.75, 3.05) is 20.2 Å². The zero-order chi connectivity index (χ0) is 14.8. The Balaban J connectivity index is 0.00000220. The van der Waals surface area contributed by atoms with Gasteiger partial charge in [-0.15, -0.1) is 12.4 Å². The number of halogens is 2. The first-order chi connectivity index (χ1) is 9.42. The molecule has 120 valence electrons. The Hall–Kier alpha value is -0.340. The van der Waals surface area contributed by atoms with Crippen LogP contribution in [0.4, 0.5) is 0 Å². The van der Waals surface area contributed by atoms with E-state index in [0.29, 0.717) is 10.2 Å². The van der Waals surface area contributed by atoms with Gasteiger partial charge in [-0.2, -0.15) is 0 Å². The molecule has 0 amide bonds. The van der Waals surface area contributed by atoms with Gasteiger partial charge in [0.15, 0.2) is 0 Å². The van der Waals surface area contributed by atoms with Crippen LogP contribution in [-0.2, 0) is 10.0 Å². The van der Waals surface area contributed by atoms with Gasteiger partial charge in [0.25, 0.3) is 0 Å². The summed E-state index contributed by atoms with van der Waals surface area (Å²) in [5.41, 5.74) is 0. The number of piperidine rings is 1.